The molecule has 0 unspecified atom stereocenters. The molecule has 0 saturated heterocycles. The van der Waals surface area contributed by atoms with Crippen LogP contribution in [-0.2, 0) is 12.3 Å². The molecular formula is C16H21N3S. The zero-order valence-electron chi connectivity index (χ0n) is 12.3. The summed E-state index contributed by atoms with van der Waals surface area (Å²) in [6.45, 7) is 8.02. The number of rotatable bonds is 6. The summed E-state index contributed by atoms with van der Waals surface area (Å²) in [5, 5.41) is 3.30. The van der Waals surface area contributed by atoms with Gasteiger partial charge in [-0.25, -0.2) is 9.97 Å². The fraction of sp³-hybridized carbons (Fsp3) is 0.375. The highest BCUT2D eigenvalue weighted by Gasteiger charge is 2.04. The van der Waals surface area contributed by atoms with E-state index < -0.39 is 0 Å². The summed E-state index contributed by atoms with van der Waals surface area (Å²) in [6, 6.07) is 10.5. The molecule has 2 aromatic rings. The van der Waals surface area contributed by atoms with E-state index in [1.807, 2.05) is 13.0 Å². The Balaban J connectivity index is 2.05. The van der Waals surface area contributed by atoms with Crippen molar-refractivity contribution in [2.45, 2.75) is 38.0 Å². The molecule has 0 aliphatic carbocycles. The van der Waals surface area contributed by atoms with E-state index in [4.69, 9.17) is 0 Å². The molecule has 1 aromatic carbocycles. The third-order valence-corrected chi connectivity index (χ3v) is 4.13. The van der Waals surface area contributed by atoms with Crippen LogP contribution >= 0.6 is 11.8 Å². The molecule has 20 heavy (non-hydrogen) atoms. The molecule has 0 spiro atoms. The van der Waals surface area contributed by atoms with Gasteiger partial charge in [0.2, 0.25) is 0 Å². The van der Waals surface area contributed by atoms with Gasteiger partial charge in [-0.05, 0) is 38.1 Å². The minimum Gasteiger partial charge on any atom is -0.311 e. The highest BCUT2D eigenvalue weighted by Crippen LogP contribution is 2.24. The molecule has 2 rings (SSSR count). The molecule has 4 heteroatoms. The first kappa shape index (κ1) is 15.0. The monoisotopic (exact) mass is 287 g/mol. The van der Waals surface area contributed by atoms with Crippen LogP contribution in [-0.4, -0.2) is 16.5 Å². The lowest BCUT2D eigenvalue weighted by Gasteiger charge is -2.07. The average Bonchev–Trinajstić information content (AvgIpc) is 2.44. The van der Waals surface area contributed by atoms with Gasteiger partial charge in [0.1, 0.15) is 5.82 Å². The number of hydrogen-bond acceptors (Lipinski definition) is 4. The lowest BCUT2D eigenvalue weighted by molar-refractivity contribution is 0.702. The van der Waals surface area contributed by atoms with Crippen LogP contribution in [0.15, 0.2) is 35.2 Å². The summed E-state index contributed by atoms with van der Waals surface area (Å²) in [5.74, 6) is 1.72. The van der Waals surface area contributed by atoms with E-state index >= 15 is 0 Å². The van der Waals surface area contributed by atoms with Gasteiger partial charge in [-0.2, -0.15) is 0 Å². The first-order valence-electron chi connectivity index (χ1n) is 6.91. The molecule has 0 amide bonds. The average molecular weight is 287 g/mol. The van der Waals surface area contributed by atoms with Crippen molar-refractivity contribution in [3.63, 3.8) is 0 Å². The fourth-order valence-corrected chi connectivity index (χ4v) is 2.85. The Kier molecular flexibility index (Phi) is 5.56. The van der Waals surface area contributed by atoms with Crippen molar-refractivity contribution < 1.29 is 0 Å². The van der Waals surface area contributed by atoms with E-state index in [0.717, 1.165) is 36.1 Å². The molecule has 0 aliphatic heterocycles. The molecule has 0 aliphatic rings. The van der Waals surface area contributed by atoms with Gasteiger partial charge in [0.25, 0.3) is 0 Å². The van der Waals surface area contributed by atoms with Gasteiger partial charge in [-0.3, -0.25) is 0 Å². The standard InChI is InChI=1S/C16H21N3S/c1-4-17-10-14-9-13(3)18-16(19-14)11-20-15-8-6-5-7-12(15)2/h5-9,17H,4,10-11H2,1-3H3. The molecule has 0 radical (unpaired) electrons. The topological polar surface area (TPSA) is 37.8 Å². The molecule has 0 bridgehead atoms. The van der Waals surface area contributed by atoms with Crippen LogP contribution in [0.3, 0.4) is 0 Å². The molecule has 1 heterocycles. The predicted octanol–water partition coefficient (Wildman–Crippen LogP) is 3.50. The molecule has 106 valence electrons. The third kappa shape index (κ3) is 4.32. The van der Waals surface area contributed by atoms with Crippen LogP contribution in [0.5, 0.6) is 0 Å². The number of nitrogens with one attached hydrogen (secondary N) is 1. The van der Waals surface area contributed by atoms with Crippen molar-refractivity contribution in [3.05, 3.63) is 53.1 Å². The van der Waals surface area contributed by atoms with Crippen molar-refractivity contribution in [1.29, 1.82) is 0 Å². The molecule has 1 N–H and O–H groups in total. The maximum absolute atomic E-state index is 4.62. The van der Waals surface area contributed by atoms with E-state index in [2.05, 4.69) is 53.4 Å². The Labute approximate surface area is 125 Å². The van der Waals surface area contributed by atoms with Crippen molar-refractivity contribution in [1.82, 2.24) is 15.3 Å². The summed E-state index contributed by atoms with van der Waals surface area (Å²) >= 11 is 1.80. The van der Waals surface area contributed by atoms with Crippen molar-refractivity contribution >= 4 is 11.8 Å². The highest BCUT2D eigenvalue weighted by molar-refractivity contribution is 7.98. The first-order chi connectivity index (χ1) is 9.69. The highest BCUT2D eigenvalue weighted by atomic mass is 32.2. The normalized spacial score (nSPS) is 10.8. The Morgan fingerprint density at radius 2 is 1.95 bits per heavy atom. The van der Waals surface area contributed by atoms with E-state index in [-0.39, 0.29) is 0 Å². The SMILES string of the molecule is CCNCc1cc(C)nc(CSc2ccccc2C)n1. The van der Waals surface area contributed by atoms with Gasteiger partial charge < -0.3 is 5.32 Å². The molecule has 0 atom stereocenters. The zero-order valence-corrected chi connectivity index (χ0v) is 13.1. The van der Waals surface area contributed by atoms with Crippen LogP contribution in [0.2, 0.25) is 0 Å². The van der Waals surface area contributed by atoms with Crippen LogP contribution in [0.25, 0.3) is 0 Å². The van der Waals surface area contributed by atoms with E-state index in [0.29, 0.717) is 0 Å². The number of benzene rings is 1. The van der Waals surface area contributed by atoms with Crippen molar-refractivity contribution in [3.8, 4) is 0 Å². The van der Waals surface area contributed by atoms with Gasteiger partial charge in [0, 0.05) is 17.1 Å². The lowest BCUT2D eigenvalue weighted by atomic mass is 10.2. The molecule has 0 saturated carbocycles. The maximum Gasteiger partial charge on any atom is 0.139 e. The van der Waals surface area contributed by atoms with Crippen LogP contribution in [0.4, 0.5) is 0 Å². The number of nitrogens with zero attached hydrogens (tertiary/aromatic N) is 2. The maximum atomic E-state index is 4.62. The fourth-order valence-electron chi connectivity index (χ4n) is 1.97. The number of thioether (sulfide) groups is 1. The Hall–Kier alpha value is -1.39. The number of hydrogen-bond donors (Lipinski definition) is 1. The Bertz CT molecular complexity index is 569. The van der Waals surface area contributed by atoms with Crippen LogP contribution in [0, 0.1) is 13.8 Å². The van der Waals surface area contributed by atoms with Crippen molar-refractivity contribution in [2.75, 3.05) is 6.54 Å². The third-order valence-electron chi connectivity index (χ3n) is 2.96. The van der Waals surface area contributed by atoms with Crippen LogP contribution < -0.4 is 5.32 Å². The predicted molar refractivity (Wildman–Crippen MR) is 84.9 cm³/mol. The summed E-state index contributed by atoms with van der Waals surface area (Å²) in [6.07, 6.45) is 0. The zero-order chi connectivity index (χ0) is 14.4. The van der Waals surface area contributed by atoms with E-state index in [1.165, 1.54) is 10.5 Å². The molecule has 3 nitrogen and oxygen atoms in total. The molecule has 0 fully saturated rings. The molecular weight excluding hydrogens is 266 g/mol. The van der Waals surface area contributed by atoms with Gasteiger partial charge in [0.05, 0.1) is 11.4 Å². The number of aryl methyl sites for hydroxylation is 2. The van der Waals surface area contributed by atoms with Crippen LogP contribution in [0.1, 0.15) is 29.7 Å². The summed E-state index contributed by atoms with van der Waals surface area (Å²) in [4.78, 5) is 10.4. The van der Waals surface area contributed by atoms with Gasteiger partial charge in [-0.15, -0.1) is 11.8 Å². The summed E-state index contributed by atoms with van der Waals surface area (Å²) in [5.41, 5.74) is 3.41. The van der Waals surface area contributed by atoms with E-state index in [1.54, 1.807) is 11.8 Å². The smallest absolute Gasteiger partial charge is 0.139 e. The van der Waals surface area contributed by atoms with Gasteiger partial charge >= 0.3 is 0 Å². The largest absolute Gasteiger partial charge is 0.311 e. The second-order valence-corrected chi connectivity index (χ2v) is 5.77. The Morgan fingerprint density at radius 3 is 2.70 bits per heavy atom. The minimum atomic E-state index is 0.807. The summed E-state index contributed by atoms with van der Waals surface area (Å²) < 4.78 is 0. The van der Waals surface area contributed by atoms with Gasteiger partial charge in [0.15, 0.2) is 0 Å². The minimum absolute atomic E-state index is 0.807. The lowest BCUT2D eigenvalue weighted by Crippen LogP contribution is -2.14. The first-order valence-corrected chi connectivity index (χ1v) is 7.90. The summed E-state index contributed by atoms with van der Waals surface area (Å²) in [7, 11) is 0. The van der Waals surface area contributed by atoms with Crippen molar-refractivity contribution in [2.24, 2.45) is 0 Å². The quantitative estimate of drug-likeness (QED) is 0.825. The van der Waals surface area contributed by atoms with E-state index in [9.17, 15) is 0 Å². The number of aromatic nitrogens is 2. The second-order valence-electron chi connectivity index (χ2n) is 4.75. The van der Waals surface area contributed by atoms with Gasteiger partial charge in [-0.1, -0.05) is 25.1 Å². The second kappa shape index (κ2) is 7.41. The Morgan fingerprint density at radius 1 is 1.15 bits per heavy atom. The molecule has 1 aromatic heterocycles.